The molecular weight excluding hydrogens is 340 g/mol. The van der Waals surface area contributed by atoms with Gasteiger partial charge < -0.3 is 10.2 Å². The standard InChI is InChI=1S/C26H52N2/c1-5-8-10-11-23(4)27-17-13-25-21-26(22-25)15-19-28(20-16-26)18-14-24(7-3)12-9-6-2/h23-25,27H,5-22H2,1-4H3. The first-order valence-corrected chi connectivity index (χ1v) is 13.1. The van der Waals surface area contributed by atoms with E-state index in [9.17, 15) is 0 Å². The van der Waals surface area contributed by atoms with E-state index in [0.717, 1.165) is 17.3 Å². The number of unbranched alkanes of at least 4 members (excludes halogenated alkanes) is 3. The van der Waals surface area contributed by atoms with Gasteiger partial charge in [-0.15, -0.1) is 0 Å². The predicted molar refractivity (Wildman–Crippen MR) is 125 cm³/mol. The lowest BCUT2D eigenvalue weighted by Gasteiger charge is -2.52. The van der Waals surface area contributed by atoms with Gasteiger partial charge in [-0.2, -0.15) is 0 Å². The predicted octanol–water partition coefficient (Wildman–Crippen LogP) is 7.03. The number of likely N-dealkylation sites (tertiary alicyclic amines) is 1. The molecule has 2 fully saturated rings. The van der Waals surface area contributed by atoms with Crippen LogP contribution in [0, 0.1) is 17.3 Å². The number of nitrogens with one attached hydrogen (secondary N) is 1. The molecule has 0 aromatic heterocycles. The van der Waals surface area contributed by atoms with E-state index in [1.165, 1.54) is 116 Å². The molecule has 1 N–H and O–H groups in total. The number of rotatable bonds is 15. The topological polar surface area (TPSA) is 15.3 Å². The van der Waals surface area contributed by atoms with E-state index in [1.807, 2.05) is 0 Å². The third-order valence-corrected chi connectivity index (χ3v) is 8.04. The third-order valence-electron chi connectivity index (χ3n) is 8.04. The van der Waals surface area contributed by atoms with Gasteiger partial charge in [0, 0.05) is 6.04 Å². The molecule has 2 unspecified atom stereocenters. The summed E-state index contributed by atoms with van der Waals surface area (Å²) in [5.41, 5.74) is 0.750. The van der Waals surface area contributed by atoms with Crippen LogP contribution in [0.15, 0.2) is 0 Å². The Hall–Kier alpha value is -0.0800. The zero-order chi connectivity index (χ0) is 20.2. The van der Waals surface area contributed by atoms with Crippen LogP contribution in [-0.2, 0) is 0 Å². The molecule has 2 nitrogen and oxygen atoms in total. The van der Waals surface area contributed by atoms with Crippen molar-refractivity contribution in [1.29, 1.82) is 0 Å². The van der Waals surface area contributed by atoms with Crippen molar-refractivity contribution in [3.8, 4) is 0 Å². The van der Waals surface area contributed by atoms with Gasteiger partial charge in [-0.1, -0.05) is 65.7 Å². The molecule has 0 aromatic rings. The molecular formula is C26H52N2. The monoisotopic (exact) mass is 392 g/mol. The highest BCUT2D eigenvalue weighted by Crippen LogP contribution is 2.53. The Balaban J connectivity index is 1.52. The Bertz CT molecular complexity index is 378. The first-order valence-electron chi connectivity index (χ1n) is 13.1. The summed E-state index contributed by atoms with van der Waals surface area (Å²) in [6.07, 6.45) is 20.0. The van der Waals surface area contributed by atoms with Gasteiger partial charge in [-0.05, 0) is 95.3 Å². The van der Waals surface area contributed by atoms with Gasteiger partial charge in [-0.3, -0.25) is 0 Å². The maximum atomic E-state index is 3.78. The Kier molecular flexibility index (Phi) is 11.5. The fourth-order valence-corrected chi connectivity index (χ4v) is 5.78. The Morgan fingerprint density at radius 1 is 0.929 bits per heavy atom. The molecule has 166 valence electrons. The quantitative estimate of drug-likeness (QED) is 0.301. The van der Waals surface area contributed by atoms with Crippen molar-refractivity contribution in [3.05, 3.63) is 0 Å². The van der Waals surface area contributed by atoms with Crippen molar-refractivity contribution < 1.29 is 0 Å². The lowest BCUT2D eigenvalue weighted by atomic mass is 9.57. The van der Waals surface area contributed by atoms with Crippen molar-refractivity contribution in [3.63, 3.8) is 0 Å². The highest BCUT2D eigenvalue weighted by atomic mass is 15.1. The summed E-state index contributed by atoms with van der Waals surface area (Å²) < 4.78 is 0. The smallest absolute Gasteiger partial charge is 0.00387 e. The van der Waals surface area contributed by atoms with Crippen molar-refractivity contribution in [1.82, 2.24) is 10.2 Å². The van der Waals surface area contributed by atoms with Gasteiger partial charge in [0.1, 0.15) is 0 Å². The zero-order valence-electron chi connectivity index (χ0n) is 19.9. The first-order chi connectivity index (χ1) is 13.6. The molecule has 1 saturated carbocycles. The highest BCUT2D eigenvalue weighted by Gasteiger charge is 2.45. The van der Waals surface area contributed by atoms with Crippen molar-refractivity contribution in [2.75, 3.05) is 26.2 Å². The summed E-state index contributed by atoms with van der Waals surface area (Å²) in [5, 5.41) is 3.78. The van der Waals surface area contributed by atoms with Crippen LogP contribution in [0.3, 0.4) is 0 Å². The van der Waals surface area contributed by atoms with Gasteiger partial charge in [0.2, 0.25) is 0 Å². The Morgan fingerprint density at radius 3 is 2.29 bits per heavy atom. The summed E-state index contributed by atoms with van der Waals surface area (Å²) in [7, 11) is 0. The summed E-state index contributed by atoms with van der Waals surface area (Å²) in [6, 6.07) is 0.716. The maximum Gasteiger partial charge on any atom is 0.00387 e. The molecule has 0 bridgehead atoms. The van der Waals surface area contributed by atoms with Crippen LogP contribution in [0.2, 0.25) is 0 Å². The van der Waals surface area contributed by atoms with Crippen LogP contribution in [0.25, 0.3) is 0 Å². The molecule has 0 amide bonds. The molecule has 2 rings (SSSR count). The molecule has 2 aliphatic rings. The molecule has 0 radical (unpaired) electrons. The third kappa shape index (κ3) is 8.34. The second-order valence-electron chi connectivity index (χ2n) is 10.5. The largest absolute Gasteiger partial charge is 0.314 e. The second kappa shape index (κ2) is 13.3. The first kappa shape index (κ1) is 24.2. The minimum absolute atomic E-state index is 0.716. The average Bonchev–Trinajstić information content (AvgIpc) is 2.68. The number of nitrogens with zero attached hydrogens (tertiary/aromatic N) is 1. The van der Waals surface area contributed by atoms with E-state index in [-0.39, 0.29) is 0 Å². The molecule has 28 heavy (non-hydrogen) atoms. The number of hydrogen-bond donors (Lipinski definition) is 1. The summed E-state index contributed by atoms with van der Waals surface area (Å²) in [5.74, 6) is 1.99. The van der Waals surface area contributed by atoms with E-state index >= 15 is 0 Å². The van der Waals surface area contributed by atoms with E-state index in [1.54, 1.807) is 0 Å². The Labute approximate surface area is 177 Å². The fraction of sp³-hybridized carbons (Fsp3) is 1.00. The van der Waals surface area contributed by atoms with E-state index in [0.29, 0.717) is 6.04 Å². The van der Waals surface area contributed by atoms with Gasteiger partial charge in [0.15, 0.2) is 0 Å². The average molecular weight is 393 g/mol. The van der Waals surface area contributed by atoms with Crippen molar-refractivity contribution in [2.24, 2.45) is 17.3 Å². The molecule has 1 aliphatic heterocycles. The maximum absolute atomic E-state index is 3.78. The normalized spacial score (nSPS) is 22.3. The molecule has 1 aliphatic carbocycles. The zero-order valence-corrected chi connectivity index (χ0v) is 19.9. The molecule has 2 atom stereocenters. The van der Waals surface area contributed by atoms with Gasteiger partial charge in [0.25, 0.3) is 0 Å². The van der Waals surface area contributed by atoms with Crippen LogP contribution >= 0.6 is 0 Å². The number of hydrogen-bond acceptors (Lipinski definition) is 2. The van der Waals surface area contributed by atoms with Gasteiger partial charge in [-0.25, -0.2) is 0 Å². The fourth-order valence-electron chi connectivity index (χ4n) is 5.78. The van der Waals surface area contributed by atoms with E-state index in [4.69, 9.17) is 0 Å². The SMILES string of the molecule is CCCCCC(C)NCCC1CC2(CCN(CCC(CC)CCCC)CC2)C1. The van der Waals surface area contributed by atoms with Crippen molar-refractivity contribution >= 4 is 0 Å². The number of piperidine rings is 1. The van der Waals surface area contributed by atoms with Gasteiger partial charge >= 0.3 is 0 Å². The second-order valence-corrected chi connectivity index (χ2v) is 10.5. The molecule has 1 heterocycles. The summed E-state index contributed by atoms with van der Waals surface area (Å²) in [4.78, 5) is 2.78. The minimum atomic E-state index is 0.716. The summed E-state index contributed by atoms with van der Waals surface area (Å²) in [6.45, 7) is 14.8. The highest BCUT2D eigenvalue weighted by molar-refractivity contribution is 4.97. The Morgan fingerprint density at radius 2 is 1.64 bits per heavy atom. The van der Waals surface area contributed by atoms with E-state index in [2.05, 4.69) is 37.9 Å². The van der Waals surface area contributed by atoms with Crippen LogP contribution in [0.5, 0.6) is 0 Å². The van der Waals surface area contributed by atoms with Crippen LogP contribution in [-0.4, -0.2) is 37.1 Å². The summed E-state index contributed by atoms with van der Waals surface area (Å²) >= 11 is 0. The van der Waals surface area contributed by atoms with E-state index < -0.39 is 0 Å². The van der Waals surface area contributed by atoms with Crippen LogP contribution in [0.4, 0.5) is 0 Å². The van der Waals surface area contributed by atoms with Crippen LogP contribution in [0.1, 0.15) is 118 Å². The van der Waals surface area contributed by atoms with Gasteiger partial charge in [0.05, 0.1) is 0 Å². The van der Waals surface area contributed by atoms with Crippen LogP contribution < -0.4 is 5.32 Å². The van der Waals surface area contributed by atoms with Crippen molar-refractivity contribution in [2.45, 2.75) is 124 Å². The minimum Gasteiger partial charge on any atom is -0.314 e. The molecule has 2 heteroatoms. The lowest BCUT2D eigenvalue weighted by molar-refractivity contribution is -0.0170. The molecule has 0 aromatic carbocycles. The molecule has 1 saturated heterocycles. The molecule has 1 spiro atoms. The lowest BCUT2D eigenvalue weighted by Crippen LogP contribution is -2.48.